The van der Waals surface area contributed by atoms with E-state index in [1.54, 1.807) is 0 Å². The maximum atomic E-state index is 2.42. The summed E-state index contributed by atoms with van der Waals surface area (Å²) in [6.07, 6.45) is 0. The fraction of sp³-hybridized carbons (Fsp3) is 0.0811. The minimum Gasteiger partial charge on any atom is -0.0622 e. The van der Waals surface area contributed by atoms with Crippen molar-refractivity contribution in [3.63, 3.8) is 0 Å². The molecule has 0 saturated heterocycles. The van der Waals surface area contributed by atoms with Crippen molar-refractivity contribution in [1.29, 1.82) is 0 Å². The van der Waals surface area contributed by atoms with Gasteiger partial charge in [-0.1, -0.05) is 129 Å². The van der Waals surface area contributed by atoms with Crippen LogP contribution in [0.2, 0.25) is 0 Å². The number of fused-ring (bicyclic) bond motifs is 4. The molecule has 0 spiro atoms. The monoisotopic (exact) mass is 472 g/mol. The molecule has 0 heterocycles. The summed E-state index contributed by atoms with van der Waals surface area (Å²) in [6, 6.07) is 48.9. The molecule has 7 rings (SSSR count). The van der Waals surface area contributed by atoms with Crippen molar-refractivity contribution >= 4 is 10.8 Å². The first kappa shape index (κ1) is 21.8. The zero-order chi connectivity index (χ0) is 25.0. The highest BCUT2D eigenvalue weighted by Gasteiger charge is 2.35. The number of hydrogen-bond acceptors (Lipinski definition) is 0. The molecule has 0 saturated carbocycles. The van der Waals surface area contributed by atoms with Gasteiger partial charge in [-0.2, -0.15) is 0 Å². The third-order valence-electron chi connectivity index (χ3n) is 8.08. The van der Waals surface area contributed by atoms with Gasteiger partial charge in [0.25, 0.3) is 0 Å². The molecule has 0 aromatic heterocycles. The molecule has 0 nitrogen and oxygen atoms in total. The minimum atomic E-state index is -0.0568. The van der Waals surface area contributed by atoms with Crippen LogP contribution < -0.4 is 0 Å². The van der Waals surface area contributed by atoms with Crippen LogP contribution in [-0.2, 0) is 5.41 Å². The van der Waals surface area contributed by atoms with Gasteiger partial charge in [-0.3, -0.25) is 0 Å². The van der Waals surface area contributed by atoms with E-state index in [0.717, 1.165) is 0 Å². The van der Waals surface area contributed by atoms with E-state index in [0.29, 0.717) is 0 Å². The number of hydrogen-bond donors (Lipinski definition) is 0. The van der Waals surface area contributed by atoms with Crippen LogP contribution in [0.3, 0.4) is 0 Å². The first-order valence-electron chi connectivity index (χ1n) is 13.0. The van der Waals surface area contributed by atoms with Gasteiger partial charge in [0.2, 0.25) is 0 Å². The van der Waals surface area contributed by atoms with Crippen molar-refractivity contribution in [3.05, 3.63) is 145 Å². The van der Waals surface area contributed by atoms with Crippen LogP contribution in [0.4, 0.5) is 0 Å². The highest BCUT2D eigenvalue weighted by Crippen LogP contribution is 2.50. The second-order valence-electron chi connectivity index (χ2n) is 10.6. The maximum absolute atomic E-state index is 2.42. The van der Waals surface area contributed by atoms with Gasteiger partial charge in [0.05, 0.1) is 0 Å². The Hall–Kier alpha value is -4.42. The second kappa shape index (κ2) is 8.32. The lowest BCUT2D eigenvalue weighted by molar-refractivity contribution is 0.661. The lowest BCUT2D eigenvalue weighted by Crippen LogP contribution is -2.15. The molecule has 0 N–H and O–H groups in total. The fourth-order valence-electron chi connectivity index (χ4n) is 6.07. The summed E-state index contributed by atoms with van der Waals surface area (Å²) < 4.78 is 0. The van der Waals surface area contributed by atoms with Crippen LogP contribution in [-0.4, -0.2) is 0 Å². The summed E-state index contributed by atoms with van der Waals surface area (Å²) in [5.41, 5.74) is 13.1. The summed E-state index contributed by atoms with van der Waals surface area (Å²) in [5, 5.41) is 2.57. The zero-order valence-corrected chi connectivity index (χ0v) is 21.2. The van der Waals surface area contributed by atoms with Gasteiger partial charge in [-0.05, 0) is 84.6 Å². The molecule has 1 aliphatic carbocycles. The second-order valence-corrected chi connectivity index (χ2v) is 10.6. The van der Waals surface area contributed by atoms with E-state index < -0.39 is 0 Å². The first-order valence-corrected chi connectivity index (χ1v) is 13.0. The molecule has 176 valence electrons. The van der Waals surface area contributed by atoms with Gasteiger partial charge in [-0.15, -0.1) is 0 Å². The van der Waals surface area contributed by atoms with Crippen LogP contribution in [0.5, 0.6) is 0 Å². The van der Waals surface area contributed by atoms with Crippen LogP contribution >= 0.6 is 0 Å². The van der Waals surface area contributed by atoms with E-state index in [4.69, 9.17) is 0 Å². The summed E-state index contributed by atoms with van der Waals surface area (Å²) in [7, 11) is 0. The molecule has 0 aliphatic heterocycles. The number of rotatable bonds is 3. The molecule has 37 heavy (non-hydrogen) atoms. The molecule has 0 fully saturated rings. The van der Waals surface area contributed by atoms with Crippen molar-refractivity contribution in [2.45, 2.75) is 19.3 Å². The van der Waals surface area contributed by atoms with E-state index in [-0.39, 0.29) is 5.41 Å². The van der Waals surface area contributed by atoms with E-state index in [1.807, 2.05) is 0 Å². The maximum Gasteiger partial charge on any atom is 0.0159 e. The van der Waals surface area contributed by atoms with Crippen molar-refractivity contribution in [2.75, 3.05) is 0 Å². The Morgan fingerprint density at radius 1 is 0.378 bits per heavy atom. The first-order chi connectivity index (χ1) is 18.1. The third-order valence-corrected chi connectivity index (χ3v) is 8.08. The summed E-state index contributed by atoms with van der Waals surface area (Å²) in [6.45, 7) is 4.73. The van der Waals surface area contributed by atoms with E-state index in [9.17, 15) is 0 Å². The Morgan fingerprint density at radius 3 is 1.68 bits per heavy atom. The predicted molar refractivity (Wildman–Crippen MR) is 158 cm³/mol. The van der Waals surface area contributed by atoms with E-state index in [1.165, 1.54) is 66.4 Å². The molecule has 0 amide bonds. The van der Waals surface area contributed by atoms with Crippen LogP contribution in [0.15, 0.2) is 133 Å². The highest BCUT2D eigenvalue weighted by molar-refractivity contribution is 5.97. The van der Waals surface area contributed by atoms with Gasteiger partial charge < -0.3 is 0 Å². The van der Waals surface area contributed by atoms with Gasteiger partial charge in [-0.25, -0.2) is 0 Å². The van der Waals surface area contributed by atoms with Gasteiger partial charge >= 0.3 is 0 Å². The largest absolute Gasteiger partial charge is 0.0622 e. The normalized spacial score (nSPS) is 13.4. The standard InChI is InChI=1S/C37H28/c1-37(2)35-23-28(25-10-4-3-5-11-25)18-20-33(35)34-21-19-29(24-36(34)37)27-14-8-15-30(22-27)32-17-9-13-26-12-6-7-16-31(26)32/h3-24H,1-2H3. The Morgan fingerprint density at radius 2 is 0.919 bits per heavy atom. The van der Waals surface area contributed by atoms with E-state index >= 15 is 0 Å². The average Bonchev–Trinajstić information content (AvgIpc) is 3.19. The summed E-state index contributed by atoms with van der Waals surface area (Å²) in [4.78, 5) is 0. The van der Waals surface area contributed by atoms with Crippen LogP contribution in [0.25, 0.3) is 55.3 Å². The quantitative estimate of drug-likeness (QED) is 0.240. The minimum absolute atomic E-state index is 0.0568. The molecule has 6 aromatic carbocycles. The van der Waals surface area contributed by atoms with E-state index in [2.05, 4.69) is 147 Å². The molecule has 0 unspecified atom stereocenters. The Labute approximate surface area is 218 Å². The fourth-order valence-corrected chi connectivity index (χ4v) is 6.07. The van der Waals surface area contributed by atoms with Crippen molar-refractivity contribution in [1.82, 2.24) is 0 Å². The summed E-state index contributed by atoms with van der Waals surface area (Å²) >= 11 is 0. The third kappa shape index (κ3) is 3.52. The lowest BCUT2D eigenvalue weighted by atomic mass is 9.80. The van der Waals surface area contributed by atoms with Gasteiger partial charge in [0.15, 0.2) is 0 Å². The molecule has 0 radical (unpaired) electrons. The molecule has 1 aliphatic rings. The Balaban J connectivity index is 1.31. The molecule has 0 atom stereocenters. The van der Waals surface area contributed by atoms with Gasteiger partial charge in [0.1, 0.15) is 0 Å². The molecule has 0 bridgehead atoms. The smallest absolute Gasteiger partial charge is 0.0159 e. The predicted octanol–water partition coefficient (Wildman–Crippen LogP) is 10.1. The topological polar surface area (TPSA) is 0 Å². The summed E-state index contributed by atoms with van der Waals surface area (Å²) in [5.74, 6) is 0. The lowest BCUT2D eigenvalue weighted by Gasteiger charge is -2.22. The molecule has 0 heteroatoms. The number of benzene rings is 6. The zero-order valence-electron chi connectivity index (χ0n) is 21.2. The van der Waals surface area contributed by atoms with Crippen LogP contribution in [0, 0.1) is 0 Å². The Bertz CT molecular complexity index is 1780. The van der Waals surface area contributed by atoms with Gasteiger partial charge in [0, 0.05) is 5.41 Å². The molecular weight excluding hydrogens is 444 g/mol. The van der Waals surface area contributed by atoms with Crippen molar-refractivity contribution in [2.24, 2.45) is 0 Å². The SMILES string of the molecule is CC1(C)c2cc(-c3ccccc3)ccc2-c2ccc(-c3cccc(-c4cccc5ccccc45)c3)cc21. The highest BCUT2D eigenvalue weighted by atomic mass is 14.4. The Kier molecular flexibility index (Phi) is 4.91. The molecule has 6 aromatic rings. The van der Waals surface area contributed by atoms with Crippen molar-refractivity contribution in [3.8, 4) is 44.5 Å². The van der Waals surface area contributed by atoms with Crippen LogP contribution in [0.1, 0.15) is 25.0 Å². The average molecular weight is 473 g/mol. The van der Waals surface area contributed by atoms with Crippen molar-refractivity contribution < 1.29 is 0 Å². The molecular formula is C37H28.